The fourth-order valence-corrected chi connectivity index (χ4v) is 0.718. The minimum atomic E-state index is 0.454. The van der Waals surface area contributed by atoms with Gasteiger partial charge in [0.1, 0.15) is 0 Å². The first-order valence-electron chi connectivity index (χ1n) is 4.08. The van der Waals surface area contributed by atoms with Gasteiger partial charge in [-0.05, 0) is 19.8 Å². The van der Waals surface area contributed by atoms with E-state index in [9.17, 15) is 0 Å². The van der Waals surface area contributed by atoms with Crippen molar-refractivity contribution in [1.29, 1.82) is 0 Å². The zero-order valence-electron chi connectivity index (χ0n) is 7.75. The molecule has 0 aliphatic rings. The maximum atomic E-state index is 4.22. The van der Waals surface area contributed by atoms with Gasteiger partial charge in [0.05, 0.1) is 0 Å². The second-order valence-electron chi connectivity index (χ2n) is 2.65. The Morgan fingerprint density at radius 3 is 2.73 bits per heavy atom. The Morgan fingerprint density at radius 2 is 2.27 bits per heavy atom. The zero-order chi connectivity index (χ0) is 8.69. The first kappa shape index (κ1) is 10.2. The first-order chi connectivity index (χ1) is 5.22. The van der Waals surface area contributed by atoms with Crippen molar-refractivity contribution >= 4 is 6.21 Å². The highest BCUT2D eigenvalue weighted by Crippen LogP contribution is 2.00. The molecule has 0 radical (unpaired) electrons. The van der Waals surface area contributed by atoms with E-state index < -0.39 is 0 Å². The minimum absolute atomic E-state index is 0.454. The summed E-state index contributed by atoms with van der Waals surface area (Å²) in [5.74, 6) is 0. The lowest BCUT2D eigenvalue weighted by molar-refractivity contribution is 0.273. The predicted octanol–water partition coefficient (Wildman–Crippen LogP) is 2.28. The Morgan fingerprint density at radius 1 is 1.64 bits per heavy atom. The Balaban J connectivity index is 3.71. The summed E-state index contributed by atoms with van der Waals surface area (Å²) < 4.78 is 0. The van der Waals surface area contributed by atoms with Crippen LogP contribution in [0.4, 0.5) is 0 Å². The van der Waals surface area contributed by atoms with E-state index in [0.717, 1.165) is 12.8 Å². The molecule has 0 aliphatic heterocycles. The lowest BCUT2D eigenvalue weighted by Crippen LogP contribution is -2.23. The van der Waals surface area contributed by atoms with Crippen LogP contribution in [0.2, 0.25) is 0 Å². The Hall–Kier alpha value is -0.790. The maximum Gasteiger partial charge on any atom is 0.0473 e. The van der Waals surface area contributed by atoms with Crippen LogP contribution in [-0.2, 0) is 0 Å². The van der Waals surface area contributed by atoms with Crippen LogP contribution in [0.3, 0.4) is 0 Å². The number of nitrogens with zero attached hydrogens (tertiary/aromatic N) is 2. The van der Waals surface area contributed by atoms with Crippen LogP contribution < -0.4 is 0 Å². The molecule has 0 aliphatic carbocycles. The molecule has 0 saturated carbocycles. The lowest BCUT2D eigenvalue weighted by Gasteiger charge is -2.19. The van der Waals surface area contributed by atoms with Crippen LogP contribution in [0, 0.1) is 0 Å². The van der Waals surface area contributed by atoms with E-state index in [1.54, 1.807) is 0 Å². The summed E-state index contributed by atoms with van der Waals surface area (Å²) in [6.45, 7) is 7.90. The minimum Gasteiger partial charge on any atom is -0.297 e. The van der Waals surface area contributed by atoms with Crippen molar-refractivity contribution < 1.29 is 0 Å². The van der Waals surface area contributed by atoms with Gasteiger partial charge < -0.3 is 0 Å². The molecule has 0 heterocycles. The van der Waals surface area contributed by atoms with Crippen molar-refractivity contribution in [1.82, 2.24) is 5.01 Å². The molecule has 0 amide bonds. The molecular weight excluding hydrogens is 136 g/mol. The Kier molecular flexibility index (Phi) is 5.53. The van der Waals surface area contributed by atoms with E-state index in [-0.39, 0.29) is 0 Å². The molecule has 1 unspecified atom stereocenters. The molecule has 2 nitrogen and oxygen atoms in total. The summed E-state index contributed by atoms with van der Waals surface area (Å²) in [5, 5.41) is 6.19. The summed E-state index contributed by atoms with van der Waals surface area (Å²) in [7, 11) is 1.99. The third kappa shape index (κ3) is 4.59. The van der Waals surface area contributed by atoms with Gasteiger partial charge in [-0.2, -0.15) is 5.10 Å². The quantitative estimate of drug-likeness (QED) is 0.337. The van der Waals surface area contributed by atoms with E-state index in [1.807, 2.05) is 24.3 Å². The first-order valence-corrected chi connectivity index (χ1v) is 4.08. The molecule has 0 spiro atoms. The molecule has 11 heavy (non-hydrogen) atoms. The second-order valence-corrected chi connectivity index (χ2v) is 2.65. The van der Waals surface area contributed by atoms with E-state index >= 15 is 0 Å². The van der Waals surface area contributed by atoms with Gasteiger partial charge in [0.15, 0.2) is 0 Å². The number of hydrogen-bond acceptors (Lipinski definition) is 2. The van der Waals surface area contributed by atoms with Gasteiger partial charge in [-0.3, -0.25) is 5.01 Å². The van der Waals surface area contributed by atoms with Gasteiger partial charge in [0, 0.05) is 19.3 Å². The number of hydrogen-bond donors (Lipinski definition) is 0. The fourth-order valence-electron chi connectivity index (χ4n) is 0.718. The molecule has 0 rings (SSSR count). The molecule has 2 heteroatoms. The smallest absolute Gasteiger partial charge is 0.0473 e. The fraction of sp³-hybridized carbons (Fsp3) is 0.667. The van der Waals surface area contributed by atoms with Gasteiger partial charge in [0.2, 0.25) is 0 Å². The Labute approximate surface area is 69.6 Å². The standard InChI is InChI=1S/C9H18N2/c1-5-7-9(3)11(4)10-8-6-2/h5,8-9H,1,6-7H2,2-4H3/b10-8-. The van der Waals surface area contributed by atoms with Crippen molar-refractivity contribution in [3.63, 3.8) is 0 Å². The van der Waals surface area contributed by atoms with Crippen LogP contribution >= 0.6 is 0 Å². The molecule has 0 aromatic rings. The lowest BCUT2D eigenvalue weighted by atomic mass is 10.2. The summed E-state index contributed by atoms with van der Waals surface area (Å²) in [4.78, 5) is 0. The van der Waals surface area contributed by atoms with E-state index in [0.29, 0.717) is 6.04 Å². The largest absolute Gasteiger partial charge is 0.297 e. The van der Waals surface area contributed by atoms with Crippen molar-refractivity contribution in [3.8, 4) is 0 Å². The van der Waals surface area contributed by atoms with E-state index in [1.165, 1.54) is 0 Å². The summed E-state index contributed by atoms with van der Waals surface area (Å²) >= 11 is 0. The molecule has 64 valence electrons. The third-order valence-electron chi connectivity index (χ3n) is 1.59. The monoisotopic (exact) mass is 154 g/mol. The molecule has 1 atom stereocenters. The molecular formula is C9H18N2. The average Bonchev–Trinajstić information content (AvgIpc) is 2.00. The summed E-state index contributed by atoms with van der Waals surface area (Å²) in [6, 6.07) is 0.454. The third-order valence-corrected chi connectivity index (χ3v) is 1.59. The van der Waals surface area contributed by atoms with Crippen LogP contribution in [0.25, 0.3) is 0 Å². The van der Waals surface area contributed by atoms with Gasteiger partial charge in [0.25, 0.3) is 0 Å². The van der Waals surface area contributed by atoms with Crippen LogP contribution in [0.1, 0.15) is 26.7 Å². The van der Waals surface area contributed by atoms with E-state index in [2.05, 4.69) is 25.5 Å². The molecule has 0 fully saturated rings. The molecule has 0 aromatic heterocycles. The van der Waals surface area contributed by atoms with Gasteiger partial charge >= 0.3 is 0 Å². The highest BCUT2D eigenvalue weighted by Gasteiger charge is 2.01. The molecule has 0 aromatic carbocycles. The summed E-state index contributed by atoms with van der Waals surface area (Å²) in [5.41, 5.74) is 0. The number of hydrazone groups is 1. The van der Waals surface area contributed by atoms with Crippen molar-refractivity contribution in [2.75, 3.05) is 7.05 Å². The highest BCUT2D eigenvalue weighted by molar-refractivity contribution is 5.56. The maximum absolute atomic E-state index is 4.22. The molecule has 0 N–H and O–H groups in total. The Bertz CT molecular complexity index is 130. The average molecular weight is 154 g/mol. The number of rotatable bonds is 5. The van der Waals surface area contributed by atoms with Crippen LogP contribution in [0.15, 0.2) is 17.8 Å². The normalized spacial score (nSPS) is 13.4. The van der Waals surface area contributed by atoms with Crippen molar-refractivity contribution in [2.24, 2.45) is 5.10 Å². The second kappa shape index (κ2) is 5.96. The van der Waals surface area contributed by atoms with Crippen molar-refractivity contribution in [2.45, 2.75) is 32.7 Å². The van der Waals surface area contributed by atoms with Gasteiger partial charge in [-0.1, -0.05) is 13.0 Å². The van der Waals surface area contributed by atoms with E-state index in [4.69, 9.17) is 0 Å². The topological polar surface area (TPSA) is 15.6 Å². The van der Waals surface area contributed by atoms with Crippen molar-refractivity contribution in [3.05, 3.63) is 12.7 Å². The highest BCUT2D eigenvalue weighted by atomic mass is 15.4. The van der Waals surface area contributed by atoms with Gasteiger partial charge in [-0.15, -0.1) is 6.58 Å². The zero-order valence-corrected chi connectivity index (χ0v) is 7.75. The van der Waals surface area contributed by atoms with Crippen LogP contribution in [0.5, 0.6) is 0 Å². The van der Waals surface area contributed by atoms with Gasteiger partial charge in [-0.25, -0.2) is 0 Å². The molecule has 0 saturated heterocycles. The predicted molar refractivity (Wildman–Crippen MR) is 50.8 cm³/mol. The SMILES string of the molecule is C=CCC(C)N(C)/N=C\CC. The molecule has 0 bridgehead atoms. The van der Waals surface area contributed by atoms with Crippen LogP contribution in [-0.4, -0.2) is 24.3 Å². The summed E-state index contributed by atoms with van der Waals surface area (Å²) in [6.07, 6.45) is 5.81.